The van der Waals surface area contributed by atoms with Gasteiger partial charge in [0, 0.05) is 23.9 Å². The van der Waals surface area contributed by atoms with Gasteiger partial charge in [-0.2, -0.15) is 5.10 Å². The molecule has 0 aliphatic rings. The fourth-order valence-electron chi connectivity index (χ4n) is 2.25. The van der Waals surface area contributed by atoms with Crippen LogP contribution in [0, 0.1) is 10.1 Å². The molecule has 3 rings (SSSR count). The van der Waals surface area contributed by atoms with E-state index in [1.807, 2.05) is 30.3 Å². The van der Waals surface area contributed by atoms with Crippen molar-refractivity contribution in [2.24, 2.45) is 0 Å². The Kier molecular flexibility index (Phi) is 4.33. The summed E-state index contributed by atoms with van der Waals surface area (Å²) in [6, 6.07) is 15.4. The minimum Gasteiger partial charge on any atom is -0.319 e. The zero-order chi connectivity index (χ0) is 16.9. The first-order chi connectivity index (χ1) is 11.6. The average molecular weight is 322 g/mol. The van der Waals surface area contributed by atoms with Crippen molar-refractivity contribution >= 4 is 17.3 Å². The number of nitrogens with zero attached hydrogens (tertiary/aromatic N) is 3. The molecular weight excluding hydrogens is 308 g/mol. The first-order valence-corrected chi connectivity index (χ1v) is 7.24. The van der Waals surface area contributed by atoms with Crippen LogP contribution in [0.3, 0.4) is 0 Å². The smallest absolute Gasteiger partial charge is 0.270 e. The van der Waals surface area contributed by atoms with Gasteiger partial charge in [0.25, 0.3) is 11.6 Å². The lowest BCUT2D eigenvalue weighted by Gasteiger charge is -2.03. The number of carbonyl (C=O) groups is 1. The fraction of sp³-hybridized carbons (Fsp3) is 0.0588. The van der Waals surface area contributed by atoms with Gasteiger partial charge in [-0.25, -0.2) is 0 Å². The molecule has 0 radical (unpaired) electrons. The first kappa shape index (κ1) is 15.4. The van der Waals surface area contributed by atoms with E-state index in [1.54, 1.807) is 10.9 Å². The van der Waals surface area contributed by atoms with E-state index in [9.17, 15) is 14.9 Å². The summed E-state index contributed by atoms with van der Waals surface area (Å²) in [5.74, 6) is -0.419. The molecule has 7 nitrogen and oxygen atoms in total. The van der Waals surface area contributed by atoms with Gasteiger partial charge in [-0.05, 0) is 11.6 Å². The molecule has 24 heavy (non-hydrogen) atoms. The number of nitro benzene ring substituents is 1. The number of rotatable bonds is 5. The van der Waals surface area contributed by atoms with E-state index >= 15 is 0 Å². The van der Waals surface area contributed by atoms with Crippen molar-refractivity contribution in [1.82, 2.24) is 9.78 Å². The van der Waals surface area contributed by atoms with E-state index in [4.69, 9.17) is 0 Å². The van der Waals surface area contributed by atoms with Gasteiger partial charge in [-0.3, -0.25) is 19.6 Å². The van der Waals surface area contributed by atoms with Crippen LogP contribution in [0.1, 0.15) is 15.9 Å². The zero-order valence-corrected chi connectivity index (χ0v) is 12.6. The van der Waals surface area contributed by atoms with Crippen LogP contribution >= 0.6 is 0 Å². The fourth-order valence-corrected chi connectivity index (χ4v) is 2.25. The Labute approximate surface area is 137 Å². The number of anilines is 1. The van der Waals surface area contributed by atoms with Crippen molar-refractivity contribution in [2.75, 3.05) is 5.32 Å². The zero-order valence-electron chi connectivity index (χ0n) is 12.6. The lowest BCUT2D eigenvalue weighted by Crippen LogP contribution is -2.11. The second-order valence-electron chi connectivity index (χ2n) is 5.17. The van der Waals surface area contributed by atoms with Crippen LogP contribution in [0.15, 0.2) is 67.0 Å². The second-order valence-corrected chi connectivity index (χ2v) is 5.17. The molecular formula is C17H14N4O3. The molecule has 7 heteroatoms. The maximum Gasteiger partial charge on any atom is 0.270 e. The highest BCUT2D eigenvalue weighted by Gasteiger charge is 2.12. The van der Waals surface area contributed by atoms with Gasteiger partial charge in [-0.1, -0.05) is 36.4 Å². The third-order valence-electron chi connectivity index (χ3n) is 3.40. The van der Waals surface area contributed by atoms with Crippen LogP contribution in [0.4, 0.5) is 11.4 Å². The summed E-state index contributed by atoms with van der Waals surface area (Å²) in [5.41, 5.74) is 1.72. The Morgan fingerprint density at radius 1 is 1.17 bits per heavy atom. The molecule has 1 amide bonds. The van der Waals surface area contributed by atoms with Crippen molar-refractivity contribution < 1.29 is 9.72 Å². The number of nitrogens with one attached hydrogen (secondary N) is 1. The molecule has 0 atom stereocenters. The maximum atomic E-state index is 12.2. The highest BCUT2D eigenvalue weighted by Crippen LogP contribution is 2.15. The molecule has 1 N–H and O–H groups in total. The first-order valence-electron chi connectivity index (χ1n) is 7.24. The summed E-state index contributed by atoms with van der Waals surface area (Å²) in [6.07, 6.45) is 3.25. The normalized spacial score (nSPS) is 10.3. The standard InChI is InChI=1S/C17H14N4O3/c22-17(14-7-4-8-16(9-14)21(23)24)19-15-10-18-20(12-15)11-13-5-2-1-3-6-13/h1-10,12H,11H2,(H,19,22). The number of hydrogen-bond acceptors (Lipinski definition) is 4. The average Bonchev–Trinajstić information content (AvgIpc) is 3.02. The van der Waals surface area contributed by atoms with Crippen LogP contribution in [0.25, 0.3) is 0 Å². The molecule has 0 bridgehead atoms. The van der Waals surface area contributed by atoms with Crippen LogP contribution < -0.4 is 5.32 Å². The summed E-state index contributed by atoms with van der Waals surface area (Å²) in [4.78, 5) is 22.4. The van der Waals surface area contributed by atoms with Crippen LogP contribution in [0.2, 0.25) is 0 Å². The summed E-state index contributed by atoms with van der Waals surface area (Å²) < 4.78 is 1.71. The topological polar surface area (TPSA) is 90.1 Å². The number of nitro groups is 1. The largest absolute Gasteiger partial charge is 0.319 e. The van der Waals surface area contributed by atoms with E-state index < -0.39 is 10.8 Å². The molecule has 0 fully saturated rings. The third kappa shape index (κ3) is 3.64. The summed E-state index contributed by atoms with van der Waals surface area (Å²) in [7, 11) is 0. The van der Waals surface area contributed by atoms with Crippen LogP contribution in [-0.4, -0.2) is 20.6 Å². The number of hydrogen-bond donors (Lipinski definition) is 1. The Morgan fingerprint density at radius 3 is 2.71 bits per heavy atom. The molecule has 0 spiro atoms. The van der Waals surface area contributed by atoms with Crippen molar-refractivity contribution in [1.29, 1.82) is 0 Å². The Morgan fingerprint density at radius 2 is 1.96 bits per heavy atom. The molecule has 0 unspecified atom stereocenters. The van der Waals surface area contributed by atoms with Gasteiger partial charge in [-0.15, -0.1) is 0 Å². The Bertz CT molecular complexity index is 874. The lowest BCUT2D eigenvalue weighted by molar-refractivity contribution is -0.384. The van der Waals surface area contributed by atoms with Crippen molar-refractivity contribution in [3.8, 4) is 0 Å². The number of non-ortho nitro benzene ring substituents is 1. The van der Waals surface area contributed by atoms with Gasteiger partial charge in [0.2, 0.25) is 0 Å². The van der Waals surface area contributed by atoms with Gasteiger partial charge < -0.3 is 5.32 Å². The number of aromatic nitrogens is 2. The van der Waals surface area contributed by atoms with Crippen LogP contribution in [0.5, 0.6) is 0 Å². The summed E-state index contributed by atoms with van der Waals surface area (Å²) in [6.45, 7) is 0.591. The second kappa shape index (κ2) is 6.74. The summed E-state index contributed by atoms with van der Waals surface area (Å²) in [5, 5.41) is 17.7. The Hall–Kier alpha value is -3.48. The van der Waals surface area contributed by atoms with E-state index in [1.165, 1.54) is 30.5 Å². The van der Waals surface area contributed by atoms with Crippen molar-refractivity contribution in [3.05, 3.63) is 88.2 Å². The quantitative estimate of drug-likeness (QED) is 0.577. The number of benzene rings is 2. The maximum absolute atomic E-state index is 12.2. The minimum atomic E-state index is -0.533. The predicted molar refractivity (Wildman–Crippen MR) is 88.8 cm³/mol. The Balaban J connectivity index is 1.69. The van der Waals surface area contributed by atoms with Gasteiger partial charge in [0.05, 0.1) is 23.4 Å². The highest BCUT2D eigenvalue weighted by molar-refractivity contribution is 6.04. The van der Waals surface area contributed by atoms with Crippen molar-refractivity contribution in [2.45, 2.75) is 6.54 Å². The summed E-state index contributed by atoms with van der Waals surface area (Å²) >= 11 is 0. The van der Waals surface area contributed by atoms with Crippen LogP contribution in [-0.2, 0) is 6.54 Å². The van der Waals surface area contributed by atoms with Gasteiger partial charge in [0.15, 0.2) is 0 Å². The third-order valence-corrected chi connectivity index (χ3v) is 3.40. The minimum absolute atomic E-state index is 0.123. The lowest BCUT2D eigenvalue weighted by atomic mass is 10.2. The van der Waals surface area contributed by atoms with E-state index in [0.717, 1.165) is 5.56 Å². The van der Waals surface area contributed by atoms with Gasteiger partial charge in [0.1, 0.15) is 0 Å². The molecule has 0 aliphatic carbocycles. The van der Waals surface area contributed by atoms with E-state index in [0.29, 0.717) is 12.2 Å². The number of carbonyl (C=O) groups excluding carboxylic acids is 1. The molecule has 0 saturated carbocycles. The monoisotopic (exact) mass is 322 g/mol. The molecule has 1 heterocycles. The molecule has 0 aliphatic heterocycles. The molecule has 0 saturated heterocycles. The number of amides is 1. The highest BCUT2D eigenvalue weighted by atomic mass is 16.6. The predicted octanol–water partition coefficient (Wildman–Crippen LogP) is 3.09. The van der Waals surface area contributed by atoms with Gasteiger partial charge >= 0.3 is 0 Å². The molecule has 2 aromatic carbocycles. The molecule has 1 aromatic heterocycles. The SMILES string of the molecule is O=C(Nc1cnn(Cc2ccccc2)c1)c1cccc([N+](=O)[O-])c1. The van der Waals surface area contributed by atoms with E-state index in [-0.39, 0.29) is 11.3 Å². The molecule has 120 valence electrons. The van der Waals surface area contributed by atoms with Crippen molar-refractivity contribution in [3.63, 3.8) is 0 Å². The molecule has 3 aromatic rings. The van der Waals surface area contributed by atoms with E-state index in [2.05, 4.69) is 10.4 Å².